The van der Waals surface area contributed by atoms with Crippen molar-refractivity contribution in [2.45, 2.75) is 25.2 Å². The summed E-state index contributed by atoms with van der Waals surface area (Å²) in [5.74, 6) is -3.25. The van der Waals surface area contributed by atoms with Gasteiger partial charge in [-0.3, -0.25) is 4.79 Å². The quantitative estimate of drug-likeness (QED) is 0.779. The van der Waals surface area contributed by atoms with Crippen LogP contribution in [0.1, 0.15) is 6.92 Å². The van der Waals surface area contributed by atoms with Crippen LogP contribution < -0.4 is 5.32 Å². The molecule has 1 N–H and O–H groups in total. The van der Waals surface area contributed by atoms with Gasteiger partial charge in [-0.1, -0.05) is 0 Å². The molecule has 94 valence electrons. The third-order valence-corrected chi connectivity index (χ3v) is 2.03. The summed E-state index contributed by atoms with van der Waals surface area (Å²) in [6, 6.07) is 0. The first kappa shape index (κ1) is 13.2. The SMILES string of the molecule is COC1(C)OCC(CNC(=O)C(F)(F)F)O1. The summed E-state index contributed by atoms with van der Waals surface area (Å²) in [5.41, 5.74) is 0. The van der Waals surface area contributed by atoms with Crippen molar-refractivity contribution < 1.29 is 32.2 Å². The maximum atomic E-state index is 11.8. The minimum Gasteiger partial charge on any atom is -0.346 e. The number of hydrogen-bond acceptors (Lipinski definition) is 4. The van der Waals surface area contributed by atoms with Gasteiger partial charge in [0.2, 0.25) is 0 Å². The molecule has 5 nitrogen and oxygen atoms in total. The molecule has 0 aromatic heterocycles. The summed E-state index contributed by atoms with van der Waals surface area (Å²) >= 11 is 0. The standard InChI is InChI=1S/C8H12F3NO4/c1-7(14-2)15-4-5(16-7)3-12-6(13)8(9,10)11/h5H,3-4H2,1-2H3,(H,12,13). The number of rotatable bonds is 3. The average molecular weight is 243 g/mol. The first-order chi connectivity index (χ1) is 7.27. The molecular formula is C8H12F3NO4. The van der Waals surface area contributed by atoms with E-state index in [0.29, 0.717) is 0 Å². The Balaban J connectivity index is 2.34. The topological polar surface area (TPSA) is 56.8 Å². The molecule has 1 saturated heterocycles. The molecule has 1 aliphatic heterocycles. The maximum Gasteiger partial charge on any atom is 0.471 e. The number of hydrogen-bond donors (Lipinski definition) is 1. The Bertz CT molecular complexity index is 270. The van der Waals surface area contributed by atoms with Crippen molar-refractivity contribution in [3.05, 3.63) is 0 Å². The Hall–Kier alpha value is -0.860. The zero-order valence-electron chi connectivity index (χ0n) is 8.76. The summed E-state index contributed by atoms with van der Waals surface area (Å²) in [4.78, 5) is 10.5. The van der Waals surface area contributed by atoms with Crippen LogP contribution in [0.15, 0.2) is 0 Å². The molecule has 0 spiro atoms. The van der Waals surface area contributed by atoms with Gasteiger partial charge >= 0.3 is 12.1 Å². The third kappa shape index (κ3) is 3.32. The molecular weight excluding hydrogens is 231 g/mol. The number of alkyl halides is 3. The molecule has 0 aromatic carbocycles. The largest absolute Gasteiger partial charge is 0.471 e. The van der Waals surface area contributed by atoms with E-state index in [2.05, 4.69) is 0 Å². The van der Waals surface area contributed by atoms with Crippen LogP contribution in [-0.4, -0.2) is 44.4 Å². The number of methoxy groups -OCH3 is 1. The Morgan fingerprint density at radius 2 is 2.25 bits per heavy atom. The van der Waals surface area contributed by atoms with E-state index in [0.717, 1.165) is 0 Å². The van der Waals surface area contributed by atoms with Gasteiger partial charge in [0.25, 0.3) is 5.97 Å². The molecule has 2 atom stereocenters. The second-order valence-corrected chi connectivity index (χ2v) is 3.33. The summed E-state index contributed by atoms with van der Waals surface area (Å²) < 4.78 is 50.5. The highest BCUT2D eigenvalue weighted by atomic mass is 19.4. The Morgan fingerprint density at radius 3 is 2.69 bits per heavy atom. The smallest absolute Gasteiger partial charge is 0.346 e. The lowest BCUT2D eigenvalue weighted by atomic mass is 10.4. The van der Waals surface area contributed by atoms with Gasteiger partial charge in [0, 0.05) is 20.6 Å². The molecule has 1 fully saturated rings. The summed E-state index contributed by atoms with van der Waals surface area (Å²) in [6.07, 6.45) is -5.54. The van der Waals surface area contributed by atoms with E-state index in [1.807, 2.05) is 0 Å². The normalized spacial score (nSPS) is 30.4. The van der Waals surface area contributed by atoms with Gasteiger partial charge in [0.1, 0.15) is 6.10 Å². The monoisotopic (exact) mass is 243 g/mol. The fourth-order valence-corrected chi connectivity index (χ4v) is 1.13. The van der Waals surface area contributed by atoms with Crippen LogP contribution in [0.2, 0.25) is 0 Å². The second kappa shape index (κ2) is 4.56. The van der Waals surface area contributed by atoms with E-state index >= 15 is 0 Å². The fraction of sp³-hybridized carbons (Fsp3) is 0.875. The molecule has 1 heterocycles. The molecule has 0 radical (unpaired) electrons. The zero-order valence-corrected chi connectivity index (χ0v) is 8.76. The molecule has 0 aromatic rings. The lowest BCUT2D eigenvalue weighted by molar-refractivity contribution is -0.313. The van der Waals surface area contributed by atoms with Crippen molar-refractivity contribution >= 4 is 5.91 Å². The molecule has 8 heteroatoms. The first-order valence-corrected chi connectivity index (χ1v) is 4.49. The highest BCUT2D eigenvalue weighted by Gasteiger charge is 2.41. The number of nitrogens with one attached hydrogen (secondary N) is 1. The number of halogens is 3. The Kier molecular flexibility index (Phi) is 3.76. The van der Waals surface area contributed by atoms with Crippen LogP contribution in [0.4, 0.5) is 13.2 Å². The molecule has 16 heavy (non-hydrogen) atoms. The van der Waals surface area contributed by atoms with Gasteiger partial charge < -0.3 is 19.5 Å². The van der Waals surface area contributed by atoms with E-state index in [1.54, 1.807) is 5.32 Å². The third-order valence-electron chi connectivity index (χ3n) is 2.03. The highest BCUT2D eigenvalue weighted by Crippen LogP contribution is 2.23. The lowest BCUT2D eigenvalue weighted by Gasteiger charge is -2.20. The molecule has 2 unspecified atom stereocenters. The van der Waals surface area contributed by atoms with Gasteiger partial charge in [0.05, 0.1) is 6.61 Å². The minimum atomic E-state index is -4.88. The Morgan fingerprint density at radius 1 is 1.62 bits per heavy atom. The first-order valence-electron chi connectivity index (χ1n) is 4.49. The summed E-state index contributed by atoms with van der Waals surface area (Å²) in [5, 5.41) is 1.70. The van der Waals surface area contributed by atoms with E-state index in [4.69, 9.17) is 14.2 Å². The van der Waals surface area contributed by atoms with Crippen molar-refractivity contribution in [2.75, 3.05) is 20.3 Å². The van der Waals surface area contributed by atoms with Crippen molar-refractivity contribution in [1.29, 1.82) is 0 Å². The predicted octanol–water partition coefficient (Wildman–Crippen LogP) is 0.400. The van der Waals surface area contributed by atoms with Gasteiger partial charge in [-0.05, 0) is 0 Å². The van der Waals surface area contributed by atoms with Crippen LogP contribution in [0, 0.1) is 0 Å². The van der Waals surface area contributed by atoms with Crippen molar-refractivity contribution in [1.82, 2.24) is 5.32 Å². The number of ether oxygens (including phenoxy) is 3. The molecule has 1 rings (SSSR count). The van der Waals surface area contributed by atoms with E-state index in [-0.39, 0.29) is 13.2 Å². The van der Waals surface area contributed by atoms with Crippen LogP contribution in [0.5, 0.6) is 0 Å². The molecule has 0 aliphatic carbocycles. The average Bonchev–Trinajstić information content (AvgIpc) is 2.56. The highest BCUT2D eigenvalue weighted by molar-refractivity contribution is 5.81. The van der Waals surface area contributed by atoms with Gasteiger partial charge in [-0.2, -0.15) is 13.2 Å². The van der Waals surface area contributed by atoms with Crippen molar-refractivity contribution in [3.8, 4) is 0 Å². The van der Waals surface area contributed by atoms with Crippen molar-refractivity contribution in [2.24, 2.45) is 0 Å². The van der Waals surface area contributed by atoms with Crippen LogP contribution in [0.25, 0.3) is 0 Å². The predicted molar refractivity (Wildman–Crippen MR) is 45.3 cm³/mol. The number of carbonyl (C=O) groups excluding carboxylic acids is 1. The maximum absolute atomic E-state index is 11.8. The van der Waals surface area contributed by atoms with E-state index in [9.17, 15) is 18.0 Å². The van der Waals surface area contributed by atoms with Crippen molar-refractivity contribution in [3.63, 3.8) is 0 Å². The van der Waals surface area contributed by atoms with Crippen LogP contribution in [-0.2, 0) is 19.0 Å². The van der Waals surface area contributed by atoms with Gasteiger partial charge in [-0.15, -0.1) is 0 Å². The lowest BCUT2D eigenvalue weighted by Crippen LogP contribution is -2.42. The molecule has 0 saturated carbocycles. The summed E-state index contributed by atoms with van der Waals surface area (Å²) in [7, 11) is 1.34. The van der Waals surface area contributed by atoms with Crippen LogP contribution >= 0.6 is 0 Å². The molecule has 1 amide bonds. The summed E-state index contributed by atoms with van der Waals surface area (Å²) in [6.45, 7) is 1.26. The fourth-order valence-electron chi connectivity index (χ4n) is 1.13. The molecule has 1 aliphatic rings. The molecule has 0 bridgehead atoms. The Labute approximate surface area is 89.8 Å². The second-order valence-electron chi connectivity index (χ2n) is 3.33. The number of carbonyl (C=O) groups is 1. The van der Waals surface area contributed by atoms with E-state index < -0.39 is 24.2 Å². The number of amides is 1. The van der Waals surface area contributed by atoms with E-state index in [1.165, 1.54) is 14.0 Å². The minimum absolute atomic E-state index is 0.0580. The van der Waals surface area contributed by atoms with Gasteiger partial charge in [0.15, 0.2) is 0 Å². The van der Waals surface area contributed by atoms with Gasteiger partial charge in [-0.25, -0.2) is 0 Å². The zero-order chi connectivity index (χ0) is 12.4. The van der Waals surface area contributed by atoms with Crippen LogP contribution in [0.3, 0.4) is 0 Å².